The topological polar surface area (TPSA) is 70.5 Å². The van der Waals surface area contributed by atoms with E-state index in [0.717, 1.165) is 0 Å². The van der Waals surface area contributed by atoms with Crippen LogP contribution in [0.2, 0.25) is 0 Å². The van der Waals surface area contributed by atoms with Crippen LogP contribution in [0.25, 0.3) is 0 Å². The fourth-order valence-corrected chi connectivity index (χ4v) is 2.73. The van der Waals surface area contributed by atoms with Crippen LogP contribution in [0.1, 0.15) is 28.7 Å². The van der Waals surface area contributed by atoms with E-state index in [-0.39, 0.29) is 12.5 Å². The SMILES string of the molecule is Cc1ncsc1C(=O)N1CCC(C)(C(=O)O)C1. The fourth-order valence-electron chi connectivity index (χ4n) is 1.96. The number of carbonyl (C=O) groups is 2. The average Bonchev–Trinajstić information content (AvgIpc) is 2.85. The molecular formula is C11H14N2O3S. The number of aryl methyl sites for hydroxylation is 1. The van der Waals surface area contributed by atoms with Crippen molar-refractivity contribution >= 4 is 23.2 Å². The van der Waals surface area contributed by atoms with Gasteiger partial charge in [0.15, 0.2) is 0 Å². The number of hydrogen-bond donors (Lipinski definition) is 1. The van der Waals surface area contributed by atoms with Gasteiger partial charge in [-0.15, -0.1) is 11.3 Å². The van der Waals surface area contributed by atoms with Gasteiger partial charge in [-0.25, -0.2) is 4.98 Å². The van der Waals surface area contributed by atoms with E-state index in [4.69, 9.17) is 5.11 Å². The van der Waals surface area contributed by atoms with E-state index in [0.29, 0.717) is 23.5 Å². The first kappa shape index (κ1) is 12.0. The van der Waals surface area contributed by atoms with E-state index >= 15 is 0 Å². The summed E-state index contributed by atoms with van der Waals surface area (Å²) in [6.45, 7) is 4.25. The van der Waals surface area contributed by atoms with Gasteiger partial charge in [-0.05, 0) is 20.3 Å². The van der Waals surface area contributed by atoms with Gasteiger partial charge in [-0.3, -0.25) is 9.59 Å². The van der Waals surface area contributed by atoms with E-state index < -0.39 is 11.4 Å². The summed E-state index contributed by atoms with van der Waals surface area (Å²) >= 11 is 1.30. The van der Waals surface area contributed by atoms with E-state index in [1.807, 2.05) is 0 Å². The largest absolute Gasteiger partial charge is 0.481 e. The van der Waals surface area contributed by atoms with Gasteiger partial charge in [-0.1, -0.05) is 0 Å². The Kier molecular flexibility index (Phi) is 2.91. The Bertz CT molecular complexity index is 471. The van der Waals surface area contributed by atoms with Crippen LogP contribution in [0.15, 0.2) is 5.51 Å². The van der Waals surface area contributed by atoms with Crippen LogP contribution in [-0.2, 0) is 4.79 Å². The molecule has 6 heteroatoms. The maximum atomic E-state index is 12.1. The van der Waals surface area contributed by atoms with E-state index in [9.17, 15) is 9.59 Å². The third-order valence-corrected chi connectivity index (χ3v) is 4.13. The molecule has 0 spiro atoms. The molecular weight excluding hydrogens is 240 g/mol. The van der Waals surface area contributed by atoms with Crippen LogP contribution in [-0.4, -0.2) is 40.0 Å². The Morgan fingerprint density at radius 3 is 2.76 bits per heavy atom. The molecule has 1 atom stereocenters. The molecule has 1 aromatic heterocycles. The predicted octanol–water partition coefficient (Wildman–Crippen LogP) is 1.39. The Balaban J connectivity index is 2.15. The molecule has 1 aliphatic rings. The molecule has 2 rings (SSSR count). The Labute approximate surface area is 103 Å². The summed E-state index contributed by atoms with van der Waals surface area (Å²) in [6.07, 6.45) is 0.506. The fraction of sp³-hybridized carbons (Fsp3) is 0.545. The van der Waals surface area contributed by atoms with Crippen LogP contribution < -0.4 is 0 Å². The number of likely N-dealkylation sites (tertiary alicyclic amines) is 1. The monoisotopic (exact) mass is 254 g/mol. The van der Waals surface area contributed by atoms with Crippen molar-refractivity contribution < 1.29 is 14.7 Å². The summed E-state index contributed by atoms with van der Waals surface area (Å²) in [5, 5.41) is 9.11. The van der Waals surface area contributed by atoms with Crippen molar-refractivity contribution in [3.63, 3.8) is 0 Å². The molecule has 0 aliphatic carbocycles. The molecule has 1 aromatic rings. The molecule has 1 amide bonds. The number of thiazole rings is 1. The maximum absolute atomic E-state index is 12.1. The van der Waals surface area contributed by atoms with Gasteiger partial charge in [0.2, 0.25) is 0 Å². The van der Waals surface area contributed by atoms with Gasteiger partial charge in [0, 0.05) is 13.1 Å². The zero-order valence-corrected chi connectivity index (χ0v) is 10.6. The summed E-state index contributed by atoms with van der Waals surface area (Å²) < 4.78 is 0. The van der Waals surface area contributed by atoms with Gasteiger partial charge >= 0.3 is 5.97 Å². The van der Waals surface area contributed by atoms with Crippen molar-refractivity contribution in [1.82, 2.24) is 9.88 Å². The first-order valence-electron chi connectivity index (χ1n) is 5.37. The van der Waals surface area contributed by atoms with Crippen molar-refractivity contribution in [3.8, 4) is 0 Å². The zero-order valence-electron chi connectivity index (χ0n) is 9.77. The maximum Gasteiger partial charge on any atom is 0.311 e. The van der Waals surface area contributed by atoms with Crippen molar-refractivity contribution in [2.45, 2.75) is 20.3 Å². The molecule has 1 aliphatic heterocycles. The van der Waals surface area contributed by atoms with Crippen molar-refractivity contribution in [2.24, 2.45) is 5.41 Å². The second-order valence-corrected chi connectivity index (χ2v) is 5.46. The number of rotatable bonds is 2. The van der Waals surface area contributed by atoms with Gasteiger partial charge in [0.05, 0.1) is 16.6 Å². The van der Waals surface area contributed by atoms with Gasteiger partial charge in [0.25, 0.3) is 5.91 Å². The minimum absolute atomic E-state index is 0.102. The van der Waals surface area contributed by atoms with E-state index in [2.05, 4.69) is 4.98 Å². The third kappa shape index (κ3) is 2.04. The number of amides is 1. The van der Waals surface area contributed by atoms with Crippen LogP contribution in [0.5, 0.6) is 0 Å². The summed E-state index contributed by atoms with van der Waals surface area (Å²) in [5.41, 5.74) is 1.53. The number of aliphatic carboxylic acids is 1. The normalized spacial score (nSPS) is 24.0. The van der Waals surface area contributed by atoms with Crippen molar-refractivity contribution in [1.29, 1.82) is 0 Å². The quantitative estimate of drug-likeness (QED) is 0.865. The lowest BCUT2D eigenvalue weighted by atomic mass is 9.90. The molecule has 1 unspecified atom stereocenters. The van der Waals surface area contributed by atoms with Crippen LogP contribution in [0.4, 0.5) is 0 Å². The Morgan fingerprint density at radius 1 is 1.59 bits per heavy atom. The van der Waals surface area contributed by atoms with Crippen molar-refractivity contribution in [2.75, 3.05) is 13.1 Å². The summed E-state index contributed by atoms with van der Waals surface area (Å²) in [6, 6.07) is 0. The highest BCUT2D eigenvalue weighted by atomic mass is 32.1. The van der Waals surface area contributed by atoms with Gasteiger partial charge in [-0.2, -0.15) is 0 Å². The standard InChI is InChI=1S/C11H14N2O3S/c1-7-8(17-6-12-7)9(14)13-4-3-11(2,5-13)10(15)16/h6H,3-5H2,1-2H3,(H,15,16). The number of hydrogen-bond acceptors (Lipinski definition) is 4. The molecule has 0 saturated carbocycles. The molecule has 1 saturated heterocycles. The molecule has 0 aromatic carbocycles. The highest BCUT2D eigenvalue weighted by molar-refractivity contribution is 7.11. The highest BCUT2D eigenvalue weighted by Crippen LogP contribution is 2.31. The molecule has 1 fully saturated rings. The lowest BCUT2D eigenvalue weighted by molar-refractivity contribution is -0.147. The molecule has 17 heavy (non-hydrogen) atoms. The number of nitrogens with zero attached hydrogens (tertiary/aromatic N) is 2. The lowest BCUT2D eigenvalue weighted by Gasteiger charge is -2.19. The predicted molar refractivity (Wildman–Crippen MR) is 63.1 cm³/mol. The number of carboxylic acid groups (broad SMARTS) is 1. The van der Waals surface area contributed by atoms with Crippen LogP contribution in [0.3, 0.4) is 0 Å². The second kappa shape index (κ2) is 4.10. The van der Waals surface area contributed by atoms with Crippen molar-refractivity contribution in [3.05, 3.63) is 16.1 Å². The Hall–Kier alpha value is -1.43. The Morgan fingerprint density at radius 2 is 2.29 bits per heavy atom. The summed E-state index contributed by atoms with van der Waals surface area (Å²) in [4.78, 5) is 29.5. The first-order valence-corrected chi connectivity index (χ1v) is 6.25. The molecule has 1 N–H and O–H groups in total. The minimum atomic E-state index is -0.839. The smallest absolute Gasteiger partial charge is 0.311 e. The van der Waals surface area contributed by atoms with Crippen LogP contribution in [0, 0.1) is 12.3 Å². The van der Waals surface area contributed by atoms with Gasteiger partial charge < -0.3 is 10.0 Å². The minimum Gasteiger partial charge on any atom is -0.481 e. The first-order chi connectivity index (χ1) is 7.94. The number of aromatic nitrogens is 1. The van der Waals surface area contributed by atoms with E-state index in [1.165, 1.54) is 11.3 Å². The molecule has 0 radical (unpaired) electrons. The second-order valence-electron chi connectivity index (χ2n) is 4.61. The average molecular weight is 254 g/mol. The molecule has 0 bridgehead atoms. The van der Waals surface area contributed by atoms with E-state index in [1.54, 1.807) is 24.3 Å². The third-order valence-electron chi connectivity index (χ3n) is 3.22. The number of carbonyl (C=O) groups excluding carboxylic acids is 1. The molecule has 92 valence electrons. The molecule has 2 heterocycles. The summed E-state index contributed by atoms with van der Waals surface area (Å²) in [5.74, 6) is -0.941. The van der Waals surface area contributed by atoms with Crippen LogP contribution >= 0.6 is 11.3 Å². The molecule has 5 nitrogen and oxygen atoms in total. The zero-order chi connectivity index (χ0) is 12.6. The lowest BCUT2D eigenvalue weighted by Crippen LogP contribution is -2.34. The van der Waals surface area contributed by atoms with Gasteiger partial charge in [0.1, 0.15) is 4.88 Å². The number of carboxylic acids is 1. The summed E-state index contributed by atoms with van der Waals surface area (Å²) in [7, 11) is 0. The highest BCUT2D eigenvalue weighted by Gasteiger charge is 2.42.